The summed E-state index contributed by atoms with van der Waals surface area (Å²) >= 11 is 6.44. The summed E-state index contributed by atoms with van der Waals surface area (Å²) in [6.45, 7) is 4.94. The molecule has 6 rings (SSSR count). The van der Waals surface area contributed by atoms with Crippen LogP contribution in [-0.4, -0.2) is 102 Å². The van der Waals surface area contributed by atoms with Gasteiger partial charge in [0.15, 0.2) is 6.61 Å². The zero-order valence-electron chi connectivity index (χ0n) is 34.1. The van der Waals surface area contributed by atoms with Crippen LogP contribution in [0.1, 0.15) is 79.6 Å². The van der Waals surface area contributed by atoms with Crippen LogP contribution in [0.15, 0.2) is 36.4 Å². The smallest absolute Gasteiger partial charge is 0.427 e. The van der Waals surface area contributed by atoms with E-state index in [-0.39, 0.29) is 42.1 Å². The number of carbonyl (C=O) groups excluding carboxylic acids is 4. The molecule has 336 valence electrons. The molecule has 0 bridgehead atoms. The van der Waals surface area contributed by atoms with Gasteiger partial charge in [0.05, 0.1) is 11.3 Å². The highest BCUT2D eigenvalue weighted by Gasteiger charge is 2.63. The van der Waals surface area contributed by atoms with Gasteiger partial charge in [-0.3, -0.25) is 19.1 Å². The van der Waals surface area contributed by atoms with Crippen LogP contribution >= 0.6 is 11.6 Å². The largest absolute Gasteiger partial charge is 0.472 e. The second-order valence-corrected chi connectivity index (χ2v) is 19.9. The number of rotatable bonds is 10. The number of amides is 4. The fraction of sp³-hybridized carbons (Fsp3) is 0.625. The number of halogens is 6. The zero-order valence-corrected chi connectivity index (χ0v) is 35.7. The Hall–Kier alpha value is -4.46. The predicted molar refractivity (Wildman–Crippen MR) is 211 cm³/mol. The highest BCUT2D eigenvalue weighted by Crippen LogP contribution is 2.48. The van der Waals surface area contributed by atoms with Gasteiger partial charge >= 0.3 is 12.3 Å². The molecule has 3 fully saturated rings. The van der Waals surface area contributed by atoms with Crippen molar-refractivity contribution in [1.29, 1.82) is 0 Å². The third-order valence-corrected chi connectivity index (χ3v) is 14.4. The Bertz CT molecular complexity index is 2190. The van der Waals surface area contributed by atoms with Crippen molar-refractivity contribution in [2.75, 3.05) is 13.2 Å². The number of ether oxygens (including phenoxy) is 3. The highest BCUT2D eigenvalue weighted by molar-refractivity contribution is 7.91. The molecule has 0 radical (unpaired) electrons. The van der Waals surface area contributed by atoms with E-state index in [4.69, 9.17) is 25.8 Å². The number of carbonyl (C=O) groups is 4. The van der Waals surface area contributed by atoms with Crippen LogP contribution in [0.25, 0.3) is 10.8 Å². The van der Waals surface area contributed by atoms with E-state index in [1.54, 1.807) is 31.2 Å². The summed E-state index contributed by atoms with van der Waals surface area (Å²) in [5.41, 5.74) is -4.67. The van der Waals surface area contributed by atoms with Crippen molar-refractivity contribution in [2.24, 2.45) is 17.8 Å². The van der Waals surface area contributed by atoms with Gasteiger partial charge in [0.1, 0.15) is 23.7 Å². The second-order valence-electron chi connectivity index (χ2n) is 17.3. The maximum atomic E-state index is 14.8. The van der Waals surface area contributed by atoms with E-state index < -0.39 is 99.0 Å². The van der Waals surface area contributed by atoms with Crippen LogP contribution in [0.3, 0.4) is 0 Å². The zero-order chi connectivity index (χ0) is 44.9. The lowest BCUT2D eigenvalue weighted by molar-refractivity contribution is -0.244. The van der Waals surface area contributed by atoms with E-state index >= 15 is 0 Å². The standard InChI is InChI=1S/C40H49ClF5N5O9S/c1-21-9-6-7-10-23-18-39(23,35(54)50-61(56,57)38(5)13-14-38)49-32(52)28-16-24(59-33-25-11-8-12-27(41)26(25)17-30(47-33)58-20-29(42)43)19-51(28)34(53)31(22(2)15-21)48-36(55)60-37(3,4)40(44,45)46/h7-8,10-12,17,21-24,28-29,31H,6,9,13-16,18-20H2,1-5H3,(H,48,55)(H,49,52)(H,50,54). The SMILES string of the molecule is CC1CCC=CC2CC2(C(=O)NS(=O)(=O)C2(C)CC2)NC(=O)C2CC(Oc3nc(OCC(F)F)cc4c(Cl)cccc34)CN2C(=O)C(NC(=O)OC(C)(C)C(F)(F)F)C(C)C1. The molecule has 4 amide bonds. The van der Waals surface area contributed by atoms with Gasteiger partial charge < -0.3 is 29.7 Å². The van der Waals surface area contributed by atoms with Crippen molar-refractivity contribution in [3.8, 4) is 11.8 Å². The van der Waals surface area contributed by atoms with Crippen LogP contribution in [0.2, 0.25) is 5.02 Å². The molecule has 1 saturated heterocycles. The number of pyridine rings is 1. The number of alkyl halides is 5. The van der Waals surface area contributed by atoms with Gasteiger partial charge in [-0.15, -0.1) is 0 Å². The molecule has 7 atom stereocenters. The first-order valence-electron chi connectivity index (χ1n) is 20.0. The number of sulfonamides is 1. The first-order chi connectivity index (χ1) is 28.4. The van der Waals surface area contributed by atoms with Crippen molar-refractivity contribution < 1.29 is 63.8 Å². The number of benzene rings is 1. The fourth-order valence-electron chi connectivity index (χ4n) is 7.70. The molecule has 0 spiro atoms. The number of aromatic nitrogens is 1. The molecule has 2 saturated carbocycles. The molecular weight excluding hydrogens is 857 g/mol. The van der Waals surface area contributed by atoms with Crippen molar-refractivity contribution in [2.45, 2.75) is 126 Å². The van der Waals surface area contributed by atoms with Crippen LogP contribution in [0.5, 0.6) is 11.8 Å². The summed E-state index contributed by atoms with van der Waals surface area (Å²) in [7, 11) is -4.14. The number of hydrogen-bond acceptors (Lipinski definition) is 10. The predicted octanol–water partition coefficient (Wildman–Crippen LogP) is 6.20. The molecular formula is C40H49ClF5N5O9S. The van der Waals surface area contributed by atoms with Crippen LogP contribution < -0.4 is 24.8 Å². The third kappa shape index (κ3) is 9.94. The molecule has 3 heterocycles. The van der Waals surface area contributed by atoms with E-state index in [0.29, 0.717) is 56.7 Å². The first-order valence-corrected chi connectivity index (χ1v) is 21.8. The van der Waals surface area contributed by atoms with E-state index in [1.165, 1.54) is 13.0 Å². The summed E-state index contributed by atoms with van der Waals surface area (Å²) in [5, 5.41) is 5.90. The molecule has 7 unspecified atom stereocenters. The molecule has 1 aromatic carbocycles. The third-order valence-electron chi connectivity index (χ3n) is 12.0. The maximum Gasteiger partial charge on any atom is 0.427 e. The molecule has 4 aliphatic rings. The number of hydrogen-bond donors (Lipinski definition) is 3. The van der Waals surface area contributed by atoms with Crippen molar-refractivity contribution in [1.82, 2.24) is 25.2 Å². The van der Waals surface area contributed by atoms with Gasteiger partial charge in [-0.1, -0.05) is 43.7 Å². The second kappa shape index (κ2) is 17.0. The lowest BCUT2D eigenvalue weighted by Crippen LogP contribution is -2.59. The number of allylic oxidation sites excluding steroid dienone is 1. The van der Waals surface area contributed by atoms with E-state index in [0.717, 1.165) is 4.90 Å². The molecule has 3 N–H and O–H groups in total. The minimum atomic E-state index is -4.96. The number of alkyl carbamates (subject to hydrolysis) is 1. The number of nitrogens with zero attached hydrogens (tertiary/aromatic N) is 2. The lowest BCUT2D eigenvalue weighted by atomic mass is 9.88. The van der Waals surface area contributed by atoms with Gasteiger partial charge in [-0.05, 0) is 83.3 Å². The molecule has 1 aromatic heterocycles. The highest BCUT2D eigenvalue weighted by atomic mass is 35.5. The summed E-state index contributed by atoms with van der Waals surface area (Å²) in [4.78, 5) is 61.8. The molecule has 2 aliphatic heterocycles. The van der Waals surface area contributed by atoms with Crippen LogP contribution in [0.4, 0.5) is 26.7 Å². The molecule has 2 aromatic rings. The van der Waals surface area contributed by atoms with Crippen LogP contribution in [0, 0.1) is 17.8 Å². The molecule has 61 heavy (non-hydrogen) atoms. The number of nitrogens with one attached hydrogen (secondary N) is 3. The Balaban J connectivity index is 1.37. The van der Waals surface area contributed by atoms with Gasteiger partial charge in [0.25, 0.3) is 12.3 Å². The van der Waals surface area contributed by atoms with E-state index in [2.05, 4.69) is 20.3 Å². The Kier molecular flexibility index (Phi) is 12.8. The summed E-state index contributed by atoms with van der Waals surface area (Å²) in [6.07, 6.45) is -5.09. The maximum absolute atomic E-state index is 14.8. The summed E-state index contributed by atoms with van der Waals surface area (Å²) in [6, 6.07) is 3.06. The van der Waals surface area contributed by atoms with Gasteiger partial charge in [0.2, 0.25) is 39.2 Å². The average Bonchev–Trinajstić information content (AvgIpc) is 4.04. The number of fused-ring (bicyclic) bond motifs is 3. The van der Waals surface area contributed by atoms with Crippen molar-refractivity contribution >= 4 is 56.2 Å². The van der Waals surface area contributed by atoms with E-state index in [9.17, 15) is 49.5 Å². The van der Waals surface area contributed by atoms with Crippen molar-refractivity contribution in [3.05, 3.63) is 41.4 Å². The van der Waals surface area contributed by atoms with E-state index in [1.807, 2.05) is 13.0 Å². The Morgan fingerprint density at radius 1 is 1.11 bits per heavy atom. The Labute approximate surface area is 354 Å². The monoisotopic (exact) mass is 905 g/mol. The quantitative estimate of drug-likeness (QED) is 0.183. The van der Waals surface area contributed by atoms with Gasteiger partial charge in [-0.2, -0.15) is 18.2 Å². The van der Waals surface area contributed by atoms with Gasteiger partial charge in [0, 0.05) is 34.2 Å². The average molecular weight is 906 g/mol. The molecule has 14 nitrogen and oxygen atoms in total. The summed E-state index contributed by atoms with van der Waals surface area (Å²) in [5.74, 6) is -4.58. The van der Waals surface area contributed by atoms with Crippen molar-refractivity contribution in [3.63, 3.8) is 0 Å². The van der Waals surface area contributed by atoms with Crippen LogP contribution in [-0.2, 0) is 29.1 Å². The van der Waals surface area contributed by atoms with Gasteiger partial charge in [-0.25, -0.2) is 22.0 Å². The Morgan fingerprint density at radius 3 is 2.48 bits per heavy atom. The molecule has 2 aliphatic carbocycles. The minimum absolute atomic E-state index is 0.0353. The topological polar surface area (TPSA) is 182 Å². The molecule has 21 heteroatoms. The summed E-state index contributed by atoms with van der Waals surface area (Å²) < 4.78 is 111. The normalized spacial score (nSPS) is 28.2. The lowest BCUT2D eigenvalue weighted by Gasteiger charge is -2.34. The minimum Gasteiger partial charge on any atom is -0.472 e. The fourth-order valence-corrected chi connectivity index (χ4v) is 9.24. The first kappa shape index (κ1) is 46.1. The Morgan fingerprint density at radius 2 is 1.82 bits per heavy atom.